The zero-order valence-corrected chi connectivity index (χ0v) is 11.1. The third kappa shape index (κ3) is 4.69. The van der Waals surface area contributed by atoms with Crippen molar-refractivity contribution in [1.29, 1.82) is 0 Å². The van der Waals surface area contributed by atoms with Crippen LogP contribution in [0.4, 0.5) is 0 Å². The van der Waals surface area contributed by atoms with Crippen LogP contribution in [0.1, 0.15) is 22.8 Å². The molecule has 0 aliphatic heterocycles. The molecule has 1 aromatic rings. The van der Waals surface area contributed by atoms with Crippen LogP contribution in [0.15, 0.2) is 18.2 Å². The molecule has 0 fully saturated rings. The summed E-state index contributed by atoms with van der Waals surface area (Å²) in [5, 5.41) is 9.76. The molecule has 1 aromatic carbocycles. The van der Waals surface area contributed by atoms with Gasteiger partial charge in [-0.25, -0.2) is 0 Å². The smallest absolute Gasteiger partial charge is 0.231 e. The van der Waals surface area contributed by atoms with E-state index in [9.17, 15) is 19.5 Å². The molecule has 108 valence electrons. The maximum atomic E-state index is 11.3. The van der Waals surface area contributed by atoms with Crippen molar-refractivity contribution in [3.8, 4) is 5.75 Å². The second-order valence-corrected chi connectivity index (χ2v) is 4.48. The Morgan fingerprint density at radius 1 is 1.15 bits per heavy atom. The highest BCUT2D eigenvalue weighted by atomic mass is 16.3. The van der Waals surface area contributed by atoms with Crippen molar-refractivity contribution in [3.05, 3.63) is 29.3 Å². The molecule has 0 unspecified atom stereocenters. The van der Waals surface area contributed by atoms with Gasteiger partial charge in [0.1, 0.15) is 5.75 Å². The molecule has 0 saturated heterocycles. The summed E-state index contributed by atoms with van der Waals surface area (Å²) < 4.78 is 0. The number of ketones is 1. The molecule has 0 saturated carbocycles. The Balaban J connectivity index is 2.96. The molecule has 0 bridgehead atoms. The Labute approximate surface area is 116 Å². The number of aromatic hydroxyl groups is 1. The van der Waals surface area contributed by atoms with E-state index >= 15 is 0 Å². The second-order valence-electron chi connectivity index (χ2n) is 4.48. The summed E-state index contributed by atoms with van der Waals surface area (Å²) in [6.07, 6.45) is 0. The molecule has 1 rings (SSSR count). The lowest BCUT2D eigenvalue weighted by Crippen LogP contribution is -2.39. The number of nitrogens with zero attached hydrogens (tertiary/aromatic N) is 1. The number of phenols is 1. The number of carbonyl (C=O) groups is 3. The predicted octanol–water partition coefficient (Wildman–Crippen LogP) is -0.633. The van der Waals surface area contributed by atoms with Crippen LogP contribution in [0.25, 0.3) is 0 Å². The fourth-order valence-electron chi connectivity index (χ4n) is 1.78. The van der Waals surface area contributed by atoms with E-state index in [2.05, 4.69) is 0 Å². The van der Waals surface area contributed by atoms with E-state index < -0.39 is 11.8 Å². The normalized spacial score (nSPS) is 10.5. The highest BCUT2D eigenvalue weighted by molar-refractivity contribution is 5.94. The van der Waals surface area contributed by atoms with Crippen molar-refractivity contribution in [3.63, 3.8) is 0 Å². The van der Waals surface area contributed by atoms with Crippen LogP contribution in [-0.2, 0) is 16.1 Å². The Morgan fingerprint density at radius 3 is 2.15 bits per heavy atom. The summed E-state index contributed by atoms with van der Waals surface area (Å²) in [5.74, 6) is -1.42. The Bertz CT molecular complexity index is 526. The summed E-state index contributed by atoms with van der Waals surface area (Å²) in [6.45, 7) is 1.14. The van der Waals surface area contributed by atoms with Gasteiger partial charge in [-0.1, -0.05) is 0 Å². The third-order valence-electron chi connectivity index (χ3n) is 2.64. The summed E-state index contributed by atoms with van der Waals surface area (Å²) in [5.41, 5.74) is 11.0. The van der Waals surface area contributed by atoms with Gasteiger partial charge in [0.05, 0.1) is 13.1 Å². The summed E-state index contributed by atoms with van der Waals surface area (Å²) >= 11 is 0. The fraction of sp³-hybridized carbons (Fsp3) is 0.308. The maximum Gasteiger partial charge on any atom is 0.231 e. The number of phenolic OH excluding ortho intramolecular Hbond substituents is 1. The Kier molecular flexibility index (Phi) is 5.22. The van der Waals surface area contributed by atoms with E-state index in [4.69, 9.17) is 11.5 Å². The first-order chi connectivity index (χ1) is 9.29. The number of nitrogens with two attached hydrogens (primary N) is 2. The van der Waals surface area contributed by atoms with E-state index in [1.807, 2.05) is 0 Å². The SMILES string of the molecule is CC(=O)c1ccc(O)c(CN(CC(N)=O)CC(N)=O)c1. The minimum atomic E-state index is -0.617. The van der Waals surface area contributed by atoms with Gasteiger partial charge < -0.3 is 16.6 Å². The number of carbonyl (C=O) groups excluding carboxylic acids is 3. The van der Waals surface area contributed by atoms with Crippen LogP contribution < -0.4 is 11.5 Å². The average molecular weight is 279 g/mol. The van der Waals surface area contributed by atoms with Crippen LogP contribution in [0.2, 0.25) is 0 Å². The first-order valence-electron chi connectivity index (χ1n) is 5.91. The van der Waals surface area contributed by atoms with Crippen molar-refractivity contribution < 1.29 is 19.5 Å². The van der Waals surface area contributed by atoms with Gasteiger partial charge in [0.15, 0.2) is 5.78 Å². The average Bonchev–Trinajstić information content (AvgIpc) is 2.29. The molecule has 20 heavy (non-hydrogen) atoms. The number of primary amides is 2. The fourth-order valence-corrected chi connectivity index (χ4v) is 1.78. The molecule has 0 aromatic heterocycles. The quantitative estimate of drug-likeness (QED) is 0.572. The van der Waals surface area contributed by atoms with Gasteiger partial charge in [0, 0.05) is 17.7 Å². The first kappa shape index (κ1) is 15.6. The molecule has 7 nitrogen and oxygen atoms in total. The highest BCUT2D eigenvalue weighted by Crippen LogP contribution is 2.20. The number of rotatable bonds is 7. The predicted molar refractivity (Wildman–Crippen MR) is 71.8 cm³/mol. The largest absolute Gasteiger partial charge is 0.508 e. The molecule has 2 amide bonds. The lowest BCUT2D eigenvalue weighted by molar-refractivity contribution is -0.122. The molecule has 0 aliphatic carbocycles. The molecule has 0 aliphatic rings. The molecule has 5 N–H and O–H groups in total. The van der Waals surface area contributed by atoms with Crippen LogP contribution in [0, 0.1) is 0 Å². The van der Waals surface area contributed by atoms with Crippen molar-refractivity contribution in [2.75, 3.05) is 13.1 Å². The number of hydrogen-bond donors (Lipinski definition) is 3. The van der Waals surface area contributed by atoms with E-state index in [0.717, 1.165) is 0 Å². The van der Waals surface area contributed by atoms with Gasteiger partial charge in [-0.2, -0.15) is 0 Å². The number of amides is 2. The molecule has 0 radical (unpaired) electrons. The number of Topliss-reactive ketones (excluding diaryl/α,β-unsaturated/α-hetero) is 1. The molecule has 7 heteroatoms. The monoisotopic (exact) mass is 279 g/mol. The third-order valence-corrected chi connectivity index (χ3v) is 2.64. The van der Waals surface area contributed by atoms with Crippen LogP contribution in [-0.4, -0.2) is 40.7 Å². The molecular formula is C13H17N3O4. The van der Waals surface area contributed by atoms with Crippen LogP contribution in [0.3, 0.4) is 0 Å². The van der Waals surface area contributed by atoms with Crippen molar-refractivity contribution in [1.82, 2.24) is 4.90 Å². The Morgan fingerprint density at radius 2 is 1.70 bits per heavy atom. The molecule has 0 atom stereocenters. The van der Waals surface area contributed by atoms with Gasteiger partial charge >= 0.3 is 0 Å². The van der Waals surface area contributed by atoms with Crippen molar-refractivity contribution in [2.45, 2.75) is 13.5 Å². The molecule has 0 heterocycles. The van der Waals surface area contributed by atoms with E-state index in [1.165, 1.54) is 30.0 Å². The Hall–Kier alpha value is -2.41. The zero-order chi connectivity index (χ0) is 15.3. The van der Waals surface area contributed by atoms with E-state index in [1.54, 1.807) is 0 Å². The summed E-state index contributed by atoms with van der Waals surface area (Å²) in [4.78, 5) is 34.6. The first-order valence-corrected chi connectivity index (χ1v) is 5.91. The van der Waals surface area contributed by atoms with Gasteiger partial charge in [-0.15, -0.1) is 0 Å². The van der Waals surface area contributed by atoms with Gasteiger partial charge in [-0.3, -0.25) is 19.3 Å². The van der Waals surface area contributed by atoms with Crippen molar-refractivity contribution in [2.24, 2.45) is 11.5 Å². The van der Waals surface area contributed by atoms with Crippen LogP contribution in [0.5, 0.6) is 5.75 Å². The van der Waals surface area contributed by atoms with Crippen LogP contribution >= 0.6 is 0 Å². The zero-order valence-electron chi connectivity index (χ0n) is 11.1. The minimum Gasteiger partial charge on any atom is -0.508 e. The molecular weight excluding hydrogens is 262 g/mol. The van der Waals surface area contributed by atoms with Gasteiger partial charge in [-0.05, 0) is 25.1 Å². The van der Waals surface area contributed by atoms with E-state index in [0.29, 0.717) is 11.1 Å². The lowest BCUT2D eigenvalue weighted by Gasteiger charge is -2.19. The van der Waals surface area contributed by atoms with Crippen molar-refractivity contribution >= 4 is 17.6 Å². The second kappa shape index (κ2) is 6.67. The lowest BCUT2D eigenvalue weighted by atomic mass is 10.1. The number of benzene rings is 1. The standard InChI is InChI=1S/C13H17N3O4/c1-8(17)9-2-3-11(18)10(4-9)5-16(6-12(14)19)7-13(15)20/h2-4,18H,5-7H2,1H3,(H2,14,19)(H2,15,20). The summed E-state index contributed by atoms with van der Waals surface area (Å²) in [7, 11) is 0. The van der Waals surface area contributed by atoms with Gasteiger partial charge in [0.25, 0.3) is 0 Å². The van der Waals surface area contributed by atoms with Gasteiger partial charge in [0.2, 0.25) is 11.8 Å². The highest BCUT2D eigenvalue weighted by Gasteiger charge is 2.15. The summed E-state index contributed by atoms with van der Waals surface area (Å²) in [6, 6.07) is 4.39. The molecule has 0 spiro atoms. The number of hydrogen-bond acceptors (Lipinski definition) is 5. The maximum absolute atomic E-state index is 11.3. The minimum absolute atomic E-state index is 0.0334. The topological polar surface area (TPSA) is 127 Å². The van der Waals surface area contributed by atoms with E-state index in [-0.39, 0.29) is 31.2 Å².